The fourth-order valence-electron chi connectivity index (χ4n) is 3.58. The molecule has 1 saturated heterocycles. The van der Waals surface area contributed by atoms with Crippen molar-refractivity contribution < 1.29 is 17.9 Å². The number of sulfonamides is 1. The highest BCUT2D eigenvalue weighted by Gasteiger charge is 2.31. The van der Waals surface area contributed by atoms with Crippen LogP contribution in [0.1, 0.15) is 5.69 Å². The molecule has 160 valence electrons. The van der Waals surface area contributed by atoms with Crippen molar-refractivity contribution in [3.8, 4) is 11.5 Å². The maximum absolute atomic E-state index is 13.2. The smallest absolute Gasteiger partial charge is 0.246 e. The van der Waals surface area contributed by atoms with E-state index in [-0.39, 0.29) is 4.90 Å². The fraction of sp³-hybridized carbons (Fsp3) is 0.350. The largest absolute Gasteiger partial charge is 0.497 e. The molecule has 0 radical (unpaired) electrons. The van der Waals surface area contributed by atoms with E-state index in [0.717, 1.165) is 15.8 Å². The van der Waals surface area contributed by atoms with Crippen LogP contribution in [0, 0.1) is 0 Å². The summed E-state index contributed by atoms with van der Waals surface area (Å²) in [6.45, 7) is 2.74. The lowest BCUT2D eigenvalue weighted by Crippen LogP contribution is -2.48. The number of nitrogens with zero attached hydrogens (tertiary/aromatic N) is 4. The average Bonchev–Trinajstić information content (AvgIpc) is 3.14. The Hall–Kier alpha value is -2.14. The second-order valence-corrected chi connectivity index (χ2v) is 9.86. The number of hydrogen-bond donors (Lipinski definition) is 0. The van der Waals surface area contributed by atoms with Crippen molar-refractivity contribution in [1.82, 2.24) is 18.6 Å². The Labute approximate surface area is 184 Å². The molecule has 4 rings (SSSR count). The lowest BCUT2D eigenvalue weighted by Gasteiger charge is -2.33. The van der Waals surface area contributed by atoms with Gasteiger partial charge in [-0.25, -0.2) is 13.4 Å². The van der Waals surface area contributed by atoms with Crippen molar-refractivity contribution in [2.24, 2.45) is 0 Å². The third-order valence-corrected chi connectivity index (χ3v) is 7.56. The topological polar surface area (TPSA) is 76.4 Å². The number of fused-ring (bicyclic) bond motifs is 1. The average molecular weight is 495 g/mol. The van der Waals surface area contributed by atoms with Crippen molar-refractivity contribution in [2.75, 3.05) is 40.4 Å². The van der Waals surface area contributed by atoms with Gasteiger partial charge in [-0.15, -0.1) is 0 Å². The normalized spacial score (nSPS) is 16.1. The van der Waals surface area contributed by atoms with Crippen LogP contribution < -0.4 is 9.47 Å². The van der Waals surface area contributed by atoms with Gasteiger partial charge in [0.05, 0.1) is 19.9 Å². The lowest BCUT2D eigenvalue weighted by molar-refractivity contribution is 0.180. The van der Waals surface area contributed by atoms with Gasteiger partial charge in [0.15, 0.2) is 0 Å². The van der Waals surface area contributed by atoms with Crippen LogP contribution in [0.2, 0.25) is 0 Å². The maximum Gasteiger partial charge on any atom is 0.246 e. The van der Waals surface area contributed by atoms with E-state index in [2.05, 4.69) is 25.8 Å². The second-order valence-electron chi connectivity index (χ2n) is 7.04. The highest BCUT2D eigenvalue weighted by Crippen LogP contribution is 2.31. The molecule has 30 heavy (non-hydrogen) atoms. The van der Waals surface area contributed by atoms with Crippen molar-refractivity contribution >= 4 is 31.6 Å². The summed E-state index contributed by atoms with van der Waals surface area (Å²) >= 11 is 3.47. The van der Waals surface area contributed by atoms with E-state index in [0.29, 0.717) is 44.2 Å². The standard InChI is InChI=1S/C20H23BrN4O4S/c1-28-17-4-5-18(29-2)19(11-17)30(26,27)25-9-7-23(8-10-25)13-16-14-24-12-15(21)3-6-20(24)22-16/h3-6,11-12,14H,7-10,13H2,1-2H3. The molecule has 0 unspecified atom stereocenters. The Kier molecular flexibility index (Phi) is 6.01. The molecule has 0 atom stereocenters. The van der Waals surface area contributed by atoms with E-state index in [1.165, 1.54) is 24.6 Å². The van der Waals surface area contributed by atoms with E-state index < -0.39 is 10.0 Å². The van der Waals surface area contributed by atoms with Crippen molar-refractivity contribution in [3.63, 3.8) is 0 Å². The molecule has 10 heteroatoms. The minimum absolute atomic E-state index is 0.128. The van der Waals surface area contributed by atoms with Crippen molar-refractivity contribution in [3.05, 3.63) is 52.9 Å². The molecule has 0 bridgehead atoms. The quantitative estimate of drug-likeness (QED) is 0.524. The summed E-state index contributed by atoms with van der Waals surface area (Å²) in [5, 5.41) is 0. The first-order valence-corrected chi connectivity index (χ1v) is 11.7. The number of methoxy groups -OCH3 is 2. The molecule has 3 heterocycles. The van der Waals surface area contributed by atoms with Crippen LogP contribution in [-0.4, -0.2) is 67.4 Å². The van der Waals surface area contributed by atoms with Gasteiger partial charge in [0.2, 0.25) is 10.0 Å². The van der Waals surface area contributed by atoms with Crippen LogP contribution in [0.25, 0.3) is 5.65 Å². The van der Waals surface area contributed by atoms with E-state index in [1.54, 1.807) is 12.1 Å². The number of aromatic nitrogens is 2. The van der Waals surface area contributed by atoms with Gasteiger partial charge in [0.25, 0.3) is 0 Å². The number of ether oxygens (including phenoxy) is 2. The van der Waals surface area contributed by atoms with Crippen LogP contribution in [-0.2, 0) is 16.6 Å². The first-order chi connectivity index (χ1) is 14.4. The minimum Gasteiger partial charge on any atom is -0.497 e. The molecule has 1 aliphatic heterocycles. The maximum atomic E-state index is 13.2. The molecule has 0 spiro atoms. The molecule has 0 saturated carbocycles. The van der Waals surface area contributed by atoms with E-state index in [9.17, 15) is 8.42 Å². The van der Waals surface area contributed by atoms with Gasteiger partial charge in [-0.1, -0.05) is 0 Å². The van der Waals surface area contributed by atoms with E-state index in [1.807, 2.05) is 28.9 Å². The van der Waals surface area contributed by atoms with Crippen LogP contribution in [0.5, 0.6) is 11.5 Å². The monoisotopic (exact) mass is 494 g/mol. The molecule has 0 N–H and O–H groups in total. The molecular weight excluding hydrogens is 472 g/mol. The first kappa shape index (κ1) is 21.1. The Morgan fingerprint density at radius 1 is 1.03 bits per heavy atom. The molecule has 1 fully saturated rings. The molecule has 2 aromatic heterocycles. The first-order valence-electron chi connectivity index (χ1n) is 9.48. The third-order valence-electron chi connectivity index (χ3n) is 5.17. The van der Waals surface area contributed by atoms with Gasteiger partial charge in [-0.05, 0) is 40.2 Å². The summed E-state index contributed by atoms with van der Waals surface area (Å²) < 4.78 is 41.3. The van der Waals surface area contributed by atoms with Gasteiger partial charge >= 0.3 is 0 Å². The van der Waals surface area contributed by atoms with E-state index in [4.69, 9.17) is 9.47 Å². The number of imidazole rings is 1. The molecule has 3 aromatic rings. The SMILES string of the molecule is COc1ccc(OC)c(S(=O)(=O)N2CCN(Cc3cn4cc(Br)ccc4n3)CC2)c1. The number of halogens is 1. The van der Waals surface area contributed by atoms with Crippen LogP contribution in [0.15, 0.2) is 52.1 Å². The van der Waals surface area contributed by atoms with E-state index >= 15 is 0 Å². The molecule has 0 aliphatic carbocycles. The number of benzene rings is 1. The second kappa shape index (κ2) is 8.54. The van der Waals surface area contributed by atoms with Gasteiger partial charge in [0, 0.05) is 55.7 Å². The van der Waals surface area contributed by atoms with Gasteiger partial charge < -0.3 is 13.9 Å². The summed E-state index contributed by atoms with van der Waals surface area (Å²) in [7, 11) is -0.709. The number of piperazine rings is 1. The zero-order valence-electron chi connectivity index (χ0n) is 16.8. The predicted molar refractivity (Wildman–Crippen MR) is 116 cm³/mol. The summed E-state index contributed by atoms with van der Waals surface area (Å²) in [4.78, 5) is 6.99. The summed E-state index contributed by atoms with van der Waals surface area (Å²) in [5.41, 5.74) is 1.85. The molecular formula is C20H23BrN4O4S. The minimum atomic E-state index is -3.68. The van der Waals surface area contributed by atoms with Crippen LogP contribution >= 0.6 is 15.9 Å². The molecule has 1 aliphatic rings. The lowest BCUT2D eigenvalue weighted by atomic mass is 10.3. The zero-order chi connectivity index (χ0) is 21.3. The summed E-state index contributed by atoms with van der Waals surface area (Å²) in [5.74, 6) is 0.792. The number of rotatable bonds is 6. The van der Waals surface area contributed by atoms with Gasteiger partial charge in [0.1, 0.15) is 22.0 Å². The Bertz CT molecular complexity index is 1160. The highest BCUT2D eigenvalue weighted by molar-refractivity contribution is 9.10. The summed E-state index contributed by atoms with van der Waals surface area (Å²) in [6.07, 6.45) is 3.97. The van der Waals surface area contributed by atoms with Crippen molar-refractivity contribution in [1.29, 1.82) is 0 Å². The highest BCUT2D eigenvalue weighted by atomic mass is 79.9. The predicted octanol–water partition coefficient (Wildman–Crippen LogP) is 2.62. The number of hydrogen-bond acceptors (Lipinski definition) is 6. The third kappa shape index (κ3) is 4.18. The Balaban J connectivity index is 1.46. The van der Waals surface area contributed by atoms with Gasteiger partial charge in [-0.3, -0.25) is 4.90 Å². The zero-order valence-corrected chi connectivity index (χ0v) is 19.2. The fourth-order valence-corrected chi connectivity index (χ4v) is 5.52. The van der Waals surface area contributed by atoms with Crippen LogP contribution in [0.3, 0.4) is 0 Å². The van der Waals surface area contributed by atoms with Crippen molar-refractivity contribution in [2.45, 2.75) is 11.4 Å². The molecule has 1 aromatic carbocycles. The Morgan fingerprint density at radius 3 is 2.50 bits per heavy atom. The molecule has 0 amide bonds. The Morgan fingerprint density at radius 2 is 1.80 bits per heavy atom. The van der Waals surface area contributed by atoms with Crippen LogP contribution in [0.4, 0.5) is 0 Å². The van der Waals surface area contributed by atoms with Gasteiger partial charge in [-0.2, -0.15) is 4.31 Å². The molecule has 8 nitrogen and oxygen atoms in total. The number of pyridine rings is 1. The summed E-state index contributed by atoms with van der Waals surface area (Å²) in [6, 6.07) is 8.73.